The minimum atomic E-state index is -0.666. The Labute approximate surface area is 162 Å². The van der Waals surface area contributed by atoms with E-state index in [4.69, 9.17) is 19.0 Å². The highest BCUT2D eigenvalue weighted by Crippen LogP contribution is 2.32. The lowest BCUT2D eigenvalue weighted by Gasteiger charge is -2.07. The molecule has 0 amide bonds. The van der Waals surface area contributed by atoms with Gasteiger partial charge in [0, 0.05) is 11.1 Å². The number of carbonyl (C=O) groups excluding carboxylic acids is 2. The number of carbonyl (C=O) groups is 2. The van der Waals surface area contributed by atoms with Crippen LogP contribution >= 0.6 is 0 Å². The Morgan fingerprint density at radius 2 is 1.82 bits per heavy atom. The predicted molar refractivity (Wildman–Crippen MR) is 102 cm³/mol. The molecule has 2 aromatic rings. The fourth-order valence-corrected chi connectivity index (χ4v) is 2.66. The molecule has 146 valence electrons. The number of ketones is 1. The smallest absolute Gasteiger partial charge is 0.347 e. The van der Waals surface area contributed by atoms with Gasteiger partial charge in [0.2, 0.25) is 19.2 Å². The molecular formula is C21H21NO6. The third-order valence-electron chi connectivity index (χ3n) is 4.23. The number of fused-ring (bicyclic) bond motifs is 1. The van der Waals surface area contributed by atoms with Crippen LogP contribution in [-0.2, 0) is 14.4 Å². The molecule has 0 atom stereocenters. The largest absolute Gasteiger partial charge is 0.455 e. The lowest BCUT2D eigenvalue weighted by molar-refractivity contribution is -0.147. The van der Waals surface area contributed by atoms with E-state index in [-0.39, 0.29) is 25.8 Å². The summed E-state index contributed by atoms with van der Waals surface area (Å²) < 4.78 is 15.6. The van der Waals surface area contributed by atoms with Gasteiger partial charge in [-0.2, -0.15) is 0 Å². The number of hydrogen-bond donors (Lipinski definition) is 0. The summed E-state index contributed by atoms with van der Waals surface area (Å²) in [6, 6.07) is 10.9. The summed E-state index contributed by atoms with van der Waals surface area (Å²) in [6.45, 7) is 4.95. The van der Waals surface area contributed by atoms with Crippen molar-refractivity contribution < 1.29 is 28.6 Å². The number of hydrogen-bond acceptors (Lipinski definition) is 7. The van der Waals surface area contributed by atoms with E-state index in [0.717, 1.165) is 16.7 Å². The zero-order valence-corrected chi connectivity index (χ0v) is 16.0. The normalized spacial score (nSPS) is 12.6. The van der Waals surface area contributed by atoms with Gasteiger partial charge in [0.15, 0.2) is 18.1 Å². The molecule has 0 unspecified atom stereocenters. The lowest BCUT2D eigenvalue weighted by Crippen LogP contribution is -2.18. The van der Waals surface area contributed by atoms with Crippen LogP contribution in [0.4, 0.5) is 0 Å². The van der Waals surface area contributed by atoms with Gasteiger partial charge >= 0.3 is 5.97 Å². The van der Waals surface area contributed by atoms with Gasteiger partial charge in [-0.15, -0.1) is 0 Å². The Morgan fingerprint density at radius 3 is 2.64 bits per heavy atom. The fourth-order valence-electron chi connectivity index (χ4n) is 2.66. The Hall–Kier alpha value is -3.35. The molecule has 28 heavy (non-hydrogen) atoms. The molecule has 7 nitrogen and oxygen atoms in total. The molecule has 7 heteroatoms. The average molecular weight is 383 g/mol. The van der Waals surface area contributed by atoms with Gasteiger partial charge in [0.1, 0.15) is 0 Å². The molecule has 0 aliphatic carbocycles. The van der Waals surface area contributed by atoms with E-state index in [2.05, 4.69) is 5.16 Å². The minimum Gasteiger partial charge on any atom is -0.455 e. The van der Waals surface area contributed by atoms with Crippen LogP contribution in [-0.4, -0.2) is 37.5 Å². The molecule has 1 heterocycles. The summed E-state index contributed by atoms with van der Waals surface area (Å²) in [5, 5.41) is 3.91. The van der Waals surface area contributed by atoms with Crippen molar-refractivity contribution in [1.29, 1.82) is 0 Å². The third kappa shape index (κ3) is 4.68. The van der Waals surface area contributed by atoms with Crippen LogP contribution in [0.15, 0.2) is 41.6 Å². The van der Waals surface area contributed by atoms with Crippen molar-refractivity contribution >= 4 is 17.5 Å². The first-order valence-electron chi connectivity index (χ1n) is 8.76. The van der Waals surface area contributed by atoms with E-state index in [1.54, 1.807) is 25.1 Å². The summed E-state index contributed by atoms with van der Waals surface area (Å²) in [5.74, 6) is 0.390. The zero-order chi connectivity index (χ0) is 20.1. The predicted octanol–water partition coefficient (Wildman–Crippen LogP) is 3.20. The molecule has 3 rings (SSSR count). The maximum atomic E-state index is 12.2. The number of Topliss-reactive ketones (excluding diaryl/α,β-unsaturated/α-hetero) is 1. The summed E-state index contributed by atoms with van der Waals surface area (Å²) in [4.78, 5) is 29.1. The second kappa shape index (κ2) is 8.56. The van der Waals surface area contributed by atoms with Gasteiger partial charge in [0.25, 0.3) is 0 Å². The first kappa shape index (κ1) is 19.4. The van der Waals surface area contributed by atoms with Gasteiger partial charge in [-0.1, -0.05) is 22.9 Å². The van der Waals surface area contributed by atoms with Crippen molar-refractivity contribution in [2.24, 2.45) is 5.16 Å². The highest BCUT2D eigenvalue weighted by molar-refractivity contribution is 6.00. The van der Waals surface area contributed by atoms with Gasteiger partial charge in [0.05, 0.1) is 5.71 Å². The van der Waals surface area contributed by atoms with Gasteiger partial charge in [-0.25, -0.2) is 4.79 Å². The minimum absolute atomic E-state index is 0.193. The van der Waals surface area contributed by atoms with Gasteiger partial charge < -0.3 is 19.0 Å². The van der Waals surface area contributed by atoms with Gasteiger partial charge in [-0.05, 0) is 50.6 Å². The number of nitrogens with zero attached hydrogens (tertiary/aromatic N) is 1. The molecule has 0 fully saturated rings. The van der Waals surface area contributed by atoms with E-state index in [1.165, 1.54) is 0 Å². The molecule has 0 aromatic heterocycles. The molecule has 0 spiro atoms. The fraction of sp³-hybridized carbons (Fsp3) is 0.286. The average Bonchev–Trinajstić information content (AvgIpc) is 3.15. The molecule has 0 saturated heterocycles. The highest BCUT2D eigenvalue weighted by atomic mass is 16.7. The number of ether oxygens (including phenoxy) is 3. The summed E-state index contributed by atoms with van der Waals surface area (Å²) in [5.41, 5.74) is 3.70. The Morgan fingerprint density at radius 1 is 1.04 bits per heavy atom. The van der Waals surface area contributed by atoms with E-state index in [1.807, 2.05) is 32.0 Å². The quantitative estimate of drug-likeness (QED) is 0.316. The first-order valence-corrected chi connectivity index (χ1v) is 8.76. The molecular weight excluding hydrogens is 362 g/mol. The number of esters is 1. The molecule has 0 saturated carbocycles. The van der Waals surface area contributed by atoms with E-state index in [9.17, 15) is 9.59 Å². The van der Waals surface area contributed by atoms with Crippen LogP contribution in [0.25, 0.3) is 0 Å². The molecule has 0 bridgehead atoms. The van der Waals surface area contributed by atoms with E-state index < -0.39 is 5.97 Å². The van der Waals surface area contributed by atoms with Crippen molar-refractivity contribution in [2.75, 3.05) is 20.0 Å². The molecule has 0 radical (unpaired) electrons. The number of aryl methyl sites for hydroxylation is 2. The summed E-state index contributed by atoms with van der Waals surface area (Å²) in [6.07, 6.45) is 0. The summed E-state index contributed by atoms with van der Waals surface area (Å²) >= 11 is 0. The topological polar surface area (TPSA) is 83.4 Å². The van der Waals surface area contributed by atoms with E-state index >= 15 is 0 Å². The van der Waals surface area contributed by atoms with Crippen LogP contribution in [0, 0.1) is 13.8 Å². The van der Waals surface area contributed by atoms with Crippen molar-refractivity contribution in [1.82, 2.24) is 0 Å². The highest BCUT2D eigenvalue weighted by Gasteiger charge is 2.15. The maximum Gasteiger partial charge on any atom is 0.347 e. The van der Waals surface area contributed by atoms with Crippen LogP contribution in [0.1, 0.15) is 34.0 Å². The van der Waals surface area contributed by atoms with Gasteiger partial charge in [-0.3, -0.25) is 4.79 Å². The van der Waals surface area contributed by atoms with Crippen molar-refractivity contribution in [2.45, 2.75) is 20.8 Å². The lowest BCUT2D eigenvalue weighted by atomic mass is 10.0. The van der Waals surface area contributed by atoms with Crippen molar-refractivity contribution in [3.63, 3.8) is 0 Å². The molecule has 1 aliphatic heterocycles. The zero-order valence-electron chi connectivity index (χ0n) is 16.0. The monoisotopic (exact) mass is 383 g/mol. The van der Waals surface area contributed by atoms with Crippen LogP contribution in [0.3, 0.4) is 0 Å². The maximum absolute atomic E-state index is 12.2. The Balaban J connectivity index is 1.48. The summed E-state index contributed by atoms with van der Waals surface area (Å²) in [7, 11) is 0. The Kier molecular flexibility index (Phi) is 5.93. The number of oxime groups is 1. The third-order valence-corrected chi connectivity index (χ3v) is 4.23. The number of rotatable bonds is 7. The second-order valence-electron chi connectivity index (χ2n) is 6.42. The first-order chi connectivity index (χ1) is 13.4. The van der Waals surface area contributed by atoms with Crippen LogP contribution in [0.2, 0.25) is 0 Å². The van der Waals surface area contributed by atoms with E-state index in [0.29, 0.717) is 22.8 Å². The molecule has 2 aromatic carbocycles. The Bertz CT molecular complexity index is 934. The molecule has 0 N–H and O–H groups in total. The second-order valence-corrected chi connectivity index (χ2v) is 6.42. The SMILES string of the molecule is C/C(=N\OCC(=O)OCC(=O)c1cc(C)ccc1C)c1ccc2c(c1)OCO2. The molecule has 1 aliphatic rings. The van der Waals surface area contributed by atoms with Crippen LogP contribution in [0.5, 0.6) is 11.5 Å². The standard InChI is InChI=1S/C21H21NO6/c1-13-4-5-14(2)17(8-13)18(23)10-25-21(24)11-28-22-15(3)16-6-7-19-20(9-16)27-12-26-19/h4-9H,10-12H2,1-3H3/b22-15+. The number of benzene rings is 2. The van der Waals surface area contributed by atoms with Crippen molar-refractivity contribution in [3.8, 4) is 11.5 Å². The van der Waals surface area contributed by atoms with Crippen molar-refractivity contribution in [3.05, 3.63) is 58.7 Å². The van der Waals surface area contributed by atoms with Crippen LogP contribution < -0.4 is 9.47 Å².